The SMILES string of the molecule is Fc1ccc(F)c(CC2(c3ccccc3F)CNC2)c1. The van der Waals surface area contributed by atoms with Crippen LogP contribution in [-0.4, -0.2) is 13.1 Å². The van der Waals surface area contributed by atoms with Crippen molar-refractivity contribution < 1.29 is 13.2 Å². The van der Waals surface area contributed by atoms with Gasteiger partial charge in [0.05, 0.1) is 0 Å². The monoisotopic (exact) mass is 277 g/mol. The summed E-state index contributed by atoms with van der Waals surface area (Å²) in [5.74, 6) is -1.22. The summed E-state index contributed by atoms with van der Waals surface area (Å²) < 4.78 is 41.1. The van der Waals surface area contributed by atoms with Crippen molar-refractivity contribution in [1.82, 2.24) is 5.32 Å². The normalized spacial score (nSPS) is 16.8. The zero-order valence-corrected chi connectivity index (χ0v) is 10.8. The minimum Gasteiger partial charge on any atom is -0.315 e. The Morgan fingerprint density at radius 3 is 2.35 bits per heavy atom. The van der Waals surface area contributed by atoms with Gasteiger partial charge < -0.3 is 5.32 Å². The molecule has 1 aliphatic rings. The van der Waals surface area contributed by atoms with E-state index in [4.69, 9.17) is 0 Å². The topological polar surface area (TPSA) is 12.0 Å². The maximum atomic E-state index is 14.0. The van der Waals surface area contributed by atoms with Crippen molar-refractivity contribution in [3.8, 4) is 0 Å². The van der Waals surface area contributed by atoms with Crippen molar-refractivity contribution in [1.29, 1.82) is 0 Å². The number of hydrogen-bond acceptors (Lipinski definition) is 1. The van der Waals surface area contributed by atoms with E-state index >= 15 is 0 Å². The van der Waals surface area contributed by atoms with Crippen LogP contribution in [0, 0.1) is 17.5 Å². The van der Waals surface area contributed by atoms with E-state index < -0.39 is 17.0 Å². The minimum absolute atomic E-state index is 0.282. The molecule has 1 heterocycles. The maximum absolute atomic E-state index is 14.0. The number of benzene rings is 2. The van der Waals surface area contributed by atoms with Gasteiger partial charge in [0, 0.05) is 18.5 Å². The van der Waals surface area contributed by atoms with E-state index in [1.165, 1.54) is 12.1 Å². The van der Waals surface area contributed by atoms with Gasteiger partial charge in [-0.1, -0.05) is 18.2 Å². The summed E-state index contributed by atoms with van der Waals surface area (Å²) in [7, 11) is 0. The van der Waals surface area contributed by atoms with Crippen molar-refractivity contribution in [3.05, 3.63) is 71.0 Å². The predicted molar refractivity (Wildman–Crippen MR) is 71.0 cm³/mol. The molecule has 2 aromatic rings. The zero-order chi connectivity index (χ0) is 14.2. The highest BCUT2D eigenvalue weighted by Crippen LogP contribution is 2.34. The van der Waals surface area contributed by atoms with Gasteiger partial charge in [-0.15, -0.1) is 0 Å². The molecule has 0 unspecified atom stereocenters. The van der Waals surface area contributed by atoms with Gasteiger partial charge in [-0.3, -0.25) is 0 Å². The fraction of sp³-hybridized carbons (Fsp3) is 0.250. The molecule has 0 amide bonds. The lowest BCUT2D eigenvalue weighted by atomic mass is 9.70. The minimum atomic E-state index is -0.500. The fourth-order valence-electron chi connectivity index (χ4n) is 2.77. The van der Waals surface area contributed by atoms with Gasteiger partial charge in [-0.25, -0.2) is 13.2 Å². The first-order valence-electron chi connectivity index (χ1n) is 6.50. The lowest BCUT2D eigenvalue weighted by molar-refractivity contribution is 0.263. The van der Waals surface area contributed by atoms with Crippen molar-refractivity contribution >= 4 is 0 Å². The molecule has 0 aromatic heterocycles. The van der Waals surface area contributed by atoms with E-state index in [-0.39, 0.29) is 17.8 Å². The van der Waals surface area contributed by atoms with Gasteiger partial charge in [0.25, 0.3) is 0 Å². The number of rotatable bonds is 3. The number of hydrogen-bond donors (Lipinski definition) is 1. The van der Waals surface area contributed by atoms with Crippen LogP contribution in [0.25, 0.3) is 0 Å². The Morgan fingerprint density at radius 2 is 1.70 bits per heavy atom. The van der Waals surface area contributed by atoms with Crippen LogP contribution in [0.3, 0.4) is 0 Å². The Hall–Kier alpha value is -1.81. The van der Waals surface area contributed by atoms with Gasteiger partial charge in [0.15, 0.2) is 0 Å². The summed E-state index contributed by atoms with van der Waals surface area (Å²) in [5.41, 5.74) is 0.345. The highest BCUT2D eigenvalue weighted by molar-refractivity contribution is 5.35. The summed E-state index contributed by atoms with van der Waals surface area (Å²) in [4.78, 5) is 0. The van der Waals surface area contributed by atoms with Gasteiger partial charge in [-0.05, 0) is 41.8 Å². The van der Waals surface area contributed by atoms with Crippen LogP contribution < -0.4 is 5.32 Å². The van der Waals surface area contributed by atoms with E-state index in [1.54, 1.807) is 18.2 Å². The Balaban J connectivity index is 1.98. The smallest absolute Gasteiger partial charge is 0.127 e. The lowest BCUT2D eigenvalue weighted by Gasteiger charge is -2.43. The zero-order valence-electron chi connectivity index (χ0n) is 10.8. The second-order valence-electron chi connectivity index (χ2n) is 5.28. The summed E-state index contributed by atoms with van der Waals surface area (Å²) in [6, 6.07) is 9.90. The molecule has 1 N–H and O–H groups in total. The van der Waals surface area contributed by atoms with Crippen molar-refractivity contribution in [2.75, 3.05) is 13.1 Å². The van der Waals surface area contributed by atoms with E-state index in [2.05, 4.69) is 5.32 Å². The molecule has 1 saturated heterocycles. The average molecular weight is 277 g/mol. The molecule has 104 valence electrons. The molecule has 4 heteroatoms. The second kappa shape index (κ2) is 4.94. The molecule has 20 heavy (non-hydrogen) atoms. The number of nitrogens with one attached hydrogen (secondary N) is 1. The highest BCUT2D eigenvalue weighted by atomic mass is 19.1. The third kappa shape index (κ3) is 2.20. The molecule has 0 spiro atoms. The molecule has 1 fully saturated rings. The first-order chi connectivity index (χ1) is 9.61. The molecule has 1 aliphatic heterocycles. The maximum Gasteiger partial charge on any atom is 0.127 e. The third-order valence-corrected chi connectivity index (χ3v) is 3.91. The molecular formula is C16H14F3N. The Bertz CT molecular complexity index is 635. The molecule has 0 radical (unpaired) electrons. The average Bonchev–Trinajstić information content (AvgIpc) is 2.39. The fourth-order valence-corrected chi connectivity index (χ4v) is 2.77. The molecule has 2 aromatic carbocycles. The Kier molecular flexibility index (Phi) is 3.26. The highest BCUT2D eigenvalue weighted by Gasteiger charge is 2.41. The molecule has 0 bridgehead atoms. The van der Waals surface area contributed by atoms with Crippen LogP contribution in [0.5, 0.6) is 0 Å². The summed E-state index contributed by atoms with van der Waals surface area (Å²) in [6.07, 6.45) is 0.282. The summed E-state index contributed by atoms with van der Waals surface area (Å²) in [6.45, 7) is 1.12. The molecule has 0 atom stereocenters. The van der Waals surface area contributed by atoms with Crippen LogP contribution in [0.4, 0.5) is 13.2 Å². The van der Waals surface area contributed by atoms with Crippen LogP contribution in [0.2, 0.25) is 0 Å². The third-order valence-electron chi connectivity index (χ3n) is 3.91. The molecule has 0 aliphatic carbocycles. The van der Waals surface area contributed by atoms with Crippen molar-refractivity contribution in [2.24, 2.45) is 0 Å². The molecule has 0 saturated carbocycles. The van der Waals surface area contributed by atoms with E-state index in [0.29, 0.717) is 18.7 Å². The van der Waals surface area contributed by atoms with Gasteiger partial charge in [0.1, 0.15) is 17.5 Å². The van der Waals surface area contributed by atoms with Crippen molar-refractivity contribution in [3.63, 3.8) is 0 Å². The van der Waals surface area contributed by atoms with Gasteiger partial charge >= 0.3 is 0 Å². The second-order valence-corrected chi connectivity index (χ2v) is 5.28. The van der Waals surface area contributed by atoms with E-state index in [0.717, 1.165) is 12.1 Å². The first-order valence-corrected chi connectivity index (χ1v) is 6.50. The Labute approximate surface area is 115 Å². The van der Waals surface area contributed by atoms with Crippen LogP contribution in [-0.2, 0) is 11.8 Å². The van der Waals surface area contributed by atoms with Gasteiger partial charge in [-0.2, -0.15) is 0 Å². The van der Waals surface area contributed by atoms with Crippen LogP contribution >= 0.6 is 0 Å². The largest absolute Gasteiger partial charge is 0.315 e. The molecule has 3 rings (SSSR count). The van der Waals surface area contributed by atoms with E-state index in [1.807, 2.05) is 0 Å². The van der Waals surface area contributed by atoms with Crippen LogP contribution in [0.15, 0.2) is 42.5 Å². The Morgan fingerprint density at radius 1 is 0.950 bits per heavy atom. The van der Waals surface area contributed by atoms with Crippen molar-refractivity contribution in [2.45, 2.75) is 11.8 Å². The quantitative estimate of drug-likeness (QED) is 0.908. The first kappa shape index (κ1) is 13.2. The van der Waals surface area contributed by atoms with E-state index in [9.17, 15) is 13.2 Å². The standard InChI is InChI=1S/C16H14F3N/c17-12-5-6-14(18)11(7-12)8-16(9-20-10-16)13-3-1-2-4-15(13)19/h1-7,20H,8-10H2. The molecular weight excluding hydrogens is 263 g/mol. The predicted octanol–water partition coefficient (Wildman–Crippen LogP) is 3.19. The summed E-state index contributed by atoms with van der Waals surface area (Å²) >= 11 is 0. The summed E-state index contributed by atoms with van der Waals surface area (Å²) in [5, 5.41) is 3.10. The van der Waals surface area contributed by atoms with Crippen LogP contribution in [0.1, 0.15) is 11.1 Å². The number of halogens is 3. The lowest BCUT2D eigenvalue weighted by Crippen LogP contribution is -2.58. The van der Waals surface area contributed by atoms with Gasteiger partial charge in [0.2, 0.25) is 0 Å². The molecule has 1 nitrogen and oxygen atoms in total.